The van der Waals surface area contributed by atoms with Crippen LogP contribution in [-0.4, -0.2) is 80.7 Å². The maximum atomic E-state index is 12.9. The summed E-state index contributed by atoms with van der Waals surface area (Å²) in [5.41, 5.74) is 1.57. The van der Waals surface area contributed by atoms with E-state index in [1.54, 1.807) is 25.1 Å². The standard InChI is InChI=1S/C24H29N3O7S/c1-2-20-22(28)23(29)21(24(30)34-20)26-35(31,32)19(14-25)12-15-3-4-17-13-18(6-5-16(17)11-15)27-7-9-33-10-8-27/h3-6,11-13,20-24,26,28-30H,2,7-10H2,1H3/b19-12+/t20-,21-,22-,23-,24?/m1/s1. The average Bonchev–Trinajstić information content (AvgIpc) is 2.87. The number of aliphatic hydroxyl groups excluding tert-OH is 3. The van der Waals surface area contributed by atoms with Crippen molar-refractivity contribution in [3.05, 3.63) is 46.9 Å². The highest BCUT2D eigenvalue weighted by molar-refractivity contribution is 7.93. The maximum absolute atomic E-state index is 12.9. The molecule has 10 nitrogen and oxygen atoms in total. The molecule has 2 aliphatic rings. The van der Waals surface area contributed by atoms with Crippen molar-refractivity contribution in [3.63, 3.8) is 0 Å². The van der Waals surface area contributed by atoms with Gasteiger partial charge in [0, 0.05) is 18.8 Å². The Kier molecular flexibility index (Phi) is 7.73. The molecule has 2 saturated heterocycles. The highest BCUT2D eigenvalue weighted by atomic mass is 32.2. The lowest BCUT2D eigenvalue weighted by Crippen LogP contribution is -2.63. The number of allylic oxidation sites excluding steroid dienone is 1. The van der Waals surface area contributed by atoms with Crippen LogP contribution in [0, 0.1) is 11.3 Å². The molecule has 188 valence electrons. The van der Waals surface area contributed by atoms with Crippen molar-refractivity contribution in [3.8, 4) is 6.07 Å². The Morgan fingerprint density at radius 1 is 1.14 bits per heavy atom. The predicted octanol–water partition coefficient (Wildman–Crippen LogP) is 0.678. The number of hydrogen-bond acceptors (Lipinski definition) is 9. The number of sulfonamides is 1. The van der Waals surface area contributed by atoms with Gasteiger partial charge in [0.1, 0.15) is 24.3 Å². The number of hydrogen-bond donors (Lipinski definition) is 4. The number of aliphatic hydroxyl groups is 3. The van der Waals surface area contributed by atoms with Gasteiger partial charge < -0.3 is 29.7 Å². The van der Waals surface area contributed by atoms with E-state index < -0.39 is 45.6 Å². The Morgan fingerprint density at radius 2 is 1.83 bits per heavy atom. The second-order valence-electron chi connectivity index (χ2n) is 8.61. The van der Waals surface area contributed by atoms with E-state index in [1.807, 2.05) is 18.2 Å². The number of benzene rings is 2. The molecule has 0 radical (unpaired) electrons. The number of fused-ring (bicyclic) bond motifs is 1. The molecule has 35 heavy (non-hydrogen) atoms. The summed E-state index contributed by atoms with van der Waals surface area (Å²) in [5, 5.41) is 42.0. The van der Waals surface area contributed by atoms with E-state index in [2.05, 4.69) is 15.7 Å². The van der Waals surface area contributed by atoms with E-state index in [0.29, 0.717) is 25.2 Å². The van der Waals surface area contributed by atoms with Crippen molar-refractivity contribution < 1.29 is 33.2 Å². The number of anilines is 1. The summed E-state index contributed by atoms with van der Waals surface area (Å²) < 4.78 is 38.5. The van der Waals surface area contributed by atoms with Gasteiger partial charge in [-0.15, -0.1) is 0 Å². The molecule has 2 aromatic carbocycles. The predicted molar refractivity (Wildman–Crippen MR) is 130 cm³/mol. The molecule has 0 amide bonds. The molecule has 0 bridgehead atoms. The summed E-state index contributed by atoms with van der Waals surface area (Å²) in [6, 6.07) is 11.4. The average molecular weight is 504 g/mol. The molecule has 0 aromatic heterocycles. The summed E-state index contributed by atoms with van der Waals surface area (Å²) in [4.78, 5) is 1.63. The first-order chi connectivity index (χ1) is 16.7. The summed E-state index contributed by atoms with van der Waals surface area (Å²) in [5.74, 6) is 0. The second kappa shape index (κ2) is 10.6. The van der Waals surface area contributed by atoms with Crippen LogP contribution >= 0.6 is 0 Å². The van der Waals surface area contributed by atoms with Gasteiger partial charge in [0.2, 0.25) is 0 Å². The van der Waals surface area contributed by atoms with Crippen molar-refractivity contribution in [1.82, 2.24) is 4.72 Å². The van der Waals surface area contributed by atoms with Crippen LogP contribution in [0.1, 0.15) is 18.9 Å². The molecule has 4 N–H and O–H groups in total. The summed E-state index contributed by atoms with van der Waals surface area (Å²) in [7, 11) is -4.44. The largest absolute Gasteiger partial charge is 0.388 e. The van der Waals surface area contributed by atoms with Crippen LogP contribution in [0.3, 0.4) is 0 Å². The van der Waals surface area contributed by atoms with Gasteiger partial charge >= 0.3 is 0 Å². The molecular weight excluding hydrogens is 474 g/mol. The number of nitrogens with zero attached hydrogens (tertiary/aromatic N) is 2. The summed E-state index contributed by atoms with van der Waals surface area (Å²) in [6.07, 6.45) is -4.00. The maximum Gasteiger partial charge on any atom is 0.251 e. The number of rotatable bonds is 6. The molecule has 5 atom stereocenters. The smallest absolute Gasteiger partial charge is 0.251 e. The fourth-order valence-corrected chi connectivity index (χ4v) is 5.49. The Labute approximate surface area is 204 Å². The molecule has 2 heterocycles. The van der Waals surface area contributed by atoms with Gasteiger partial charge in [0.05, 0.1) is 19.3 Å². The molecule has 4 rings (SSSR count). The Hall–Kier alpha value is -2.56. The summed E-state index contributed by atoms with van der Waals surface area (Å²) >= 11 is 0. The Balaban J connectivity index is 1.56. The molecule has 2 aliphatic heterocycles. The minimum Gasteiger partial charge on any atom is -0.388 e. The molecule has 0 saturated carbocycles. The van der Waals surface area contributed by atoms with E-state index in [4.69, 9.17) is 9.47 Å². The van der Waals surface area contributed by atoms with Gasteiger partial charge in [-0.2, -0.15) is 9.98 Å². The van der Waals surface area contributed by atoms with E-state index in [0.717, 1.165) is 29.5 Å². The van der Waals surface area contributed by atoms with Gasteiger partial charge in [-0.25, -0.2) is 8.42 Å². The first-order valence-electron chi connectivity index (χ1n) is 11.4. The first kappa shape index (κ1) is 25.5. The third kappa shape index (κ3) is 5.49. The molecular formula is C24H29N3O7S. The second-order valence-corrected chi connectivity index (χ2v) is 10.3. The van der Waals surface area contributed by atoms with Crippen LogP contribution < -0.4 is 9.62 Å². The van der Waals surface area contributed by atoms with Crippen LogP contribution in [0.2, 0.25) is 0 Å². The van der Waals surface area contributed by atoms with E-state index in [9.17, 15) is 29.0 Å². The minimum absolute atomic E-state index is 0.314. The van der Waals surface area contributed by atoms with Crippen molar-refractivity contribution >= 4 is 32.6 Å². The van der Waals surface area contributed by atoms with E-state index in [-0.39, 0.29) is 0 Å². The molecule has 2 fully saturated rings. The molecule has 0 aliphatic carbocycles. The normalized spacial score (nSPS) is 28.1. The number of nitrogens with one attached hydrogen (secondary N) is 1. The van der Waals surface area contributed by atoms with Gasteiger partial charge in [-0.1, -0.05) is 25.1 Å². The van der Waals surface area contributed by atoms with Crippen LogP contribution in [0.15, 0.2) is 41.3 Å². The zero-order chi connectivity index (χ0) is 25.2. The molecule has 1 unspecified atom stereocenters. The third-order valence-electron chi connectivity index (χ3n) is 6.34. The van der Waals surface area contributed by atoms with Crippen molar-refractivity contribution in [2.24, 2.45) is 0 Å². The van der Waals surface area contributed by atoms with Gasteiger partial charge in [-0.05, 0) is 47.0 Å². The Bertz CT molecular complexity index is 1240. The number of ether oxygens (including phenoxy) is 2. The quantitative estimate of drug-likeness (QED) is 0.417. The van der Waals surface area contributed by atoms with E-state index >= 15 is 0 Å². The topological polar surface area (TPSA) is 152 Å². The van der Waals surface area contributed by atoms with Crippen LogP contribution in [0.5, 0.6) is 0 Å². The van der Waals surface area contributed by atoms with Gasteiger partial charge in [-0.3, -0.25) is 0 Å². The zero-order valence-corrected chi connectivity index (χ0v) is 20.1. The lowest BCUT2D eigenvalue weighted by atomic mass is 9.96. The van der Waals surface area contributed by atoms with Crippen LogP contribution in [0.4, 0.5) is 5.69 Å². The fourth-order valence-electron chi connectivity index (χ4n) is 4.33. The highest BCUT2D eigenvalue weighted by Gasteiger charge is 2.45. The first-order valence-corrected chi connectivity index (χ1v) is 12.9. The van der Waals surface area contributed by atoms with E-state index in [1.165, 1.54) is 6.08 Å². The highest BCUT2D eigenvalue weighted by Crippen LogP contribution is 2.26. The van der Waals surface area contributed by atoms with Crippen molar-refractivity contribution in [2.75, 3.05) is 31.2 Å². The molecule has 2 aromatic rings. The lowest BCUT2D eigenvalue weighted by Gasteiger charge is -2.40. The summed E-state index contributed by atoms with van der Waals surface area (Å²) in [6.45, 7) is 4.69. The van der Waals surface area contributed by atoms with Crippen LogP contribution in [-0.2, 0) is 19.5 Å². The third-order valence-corrected chi connectivity index (χ3v) is 7.71. The SMILES string of the molecule is CC[C@H]1OC(O)[C@H](NS(=O)(=O)/C(C#N)=C/c2ccc3cc(N4CCOCC4)ccc3c2)[C@@H](O)[C@@H]1O. The monoisotopic (exact) mass is 503 g/mol. The number of nitriles is 1. The van der Waals surface area contributed by atoms with Gasteiger partial charge in [0.25, 0.3) is 10.0 Å². The molecule has 0 spiro atoms. The Morgan fingerprint density at radius 3 is 2.51 bits per heavy atom. The minimum atomic E-state index is -4.44. The van der Waals surface area contributed by atoms with Crippen molar-refractivity contribution in [2.45, 2.75) is 44.0 Å². The fraction of sp³-hybridized carbons (Fsp3) is 0.458. The van der Waals surface area contributed by atoms with Crippen molar-refractivity contribution in [1.29, 1.82) is 5.26 Å². The lowest BCUT2D eigenvalue weighted by molar-refractivity contribution is -0.244. The zero-order valence-electron chi connectivity index (χ0n) is 19.2. The number of morpholine rings is 1. The van der Waals surface area contributed by atoms with Crippen LogP contribution in [0.25, 0.3) is 16.8 Å². The molecule has 11 heteroatoms. The van der Waals surface area contributed by atoms with Gasteiger partial charge in [0.15, 0.2) is 11.2 Å².